The van der Waals surface area contributed by atoms with E-state index in [1.807, 2.05) is 74.5 Å². The van der Waals surface area contributed by atoms with Gasteiger partial charge in [-0.2, -0.15) is 0 Å². The summed E-state index contributed by atoms with van der Waals surface area (Å²) in [7, 11) is 0. The molecule has 2 atom stereocenters. The number of hydrogen-bond acceptors (Lipinski definition) is 5. The number of nitrogens with zero attached hydrogens (tertiary/aromatic N) is 3. The van der Waals surface area contributed by atoms with E-state index in [0.29, 0.717) is 17.7 Å². The molecule has 1 aliphatic rings. The van der Waals surface area contributed by atoms with Gasteiger partial charge in [-0.15, -0.1) is 0 Å². The Hall–Kier alpha value is -4.30. The average molecular weight is 513 g/mol. The molecule has 2 heterocycles. The van der Waals surface area contributed by atoms with Crippen molar-refractivity contribution in [3.8, 4) is 0 Å². The molecule has 0 fully saturated rings. The van der Waals surface area contributed by atoms with E-state index in [1.165, 1.54) is 16.0 Å². The minimum atomic E-state index is -0.817. The van der Waals surface area contributed by atoms with Crippen LogP contribution in [-0.2, 0) is 16.0 Å². The van der Waals surface area contributed by atoms with Crippen molar-refractivity contribution in [3.63, 3.8) is 0 Å². The lowest BCUT2D eigenvalue weighted by molar-refractivity contribution is -0.138. The normalized spacial score (nSPS) is 16.3. The van der Waals surface area contributed by atoms with Crippen LogP contribution in [0.3, 0.4) is 0 Å². The molecule has 196 valence electrons. The Kier molecular flexibility index (Phi) is 8.66. The largest absolute Gasteiger partial charge is 0.394 e. The minimum absolute atomic E-state index is 0.224. The van der Waals surface area contributed by atoms with Gasteiger partial charge >= 0.3 is 0 Å². The lowest BCUT2D eigenvalue weighted by atomic mass is 9.96. The lowest BCUT2D eigenvalue weighted by Gasteiger charge is -2.41. The van der Waals surface area contributed by atoms with E-state index in [-0.39, 0.29) is 30.7 Å². The van der Waals surface area contributed by atoms with Gasteiger partial charge in [-0.05, 0) is 35.6 Å². The van der Waals surface area contributed by atoms with Gasteiger partial charge in [0.05, 0.1) is 18.3 Å². The first-order chi connectivity index (χ1) is 18.4. The van der Waals surface area contributed by atoms with Crippen molar-refractivity contribution in [3.05, 3.63) is 108 Å². The van der Waals surface area contributed by atoms with E-state index in [1.54, 1.807) is 24.4 Å². The molecule has 3 amide bonds. The second kappa shape index (κ2) is 12.3. The van der Waals surface area contributed by atoms with E-state index in [9.17, 15) is 19.5 Å². The lowest BCUT2D eigenvalue weighted by Crippen LogP contribution is -2.56. The second-order valence-corrected chi connectivity index (χ2v) is 9.56. The summed E-state index contributed by atoms with van der Waals surface area (Å²) < 4.78 is 0. The van der Waals surface area contributed by atoms with Crippen molar-refractivity contribution in [1.29, 1.82) is 0 Å². The standard InChI is InChI=1S/C30H32N4O4/c1-21(2)28-30(38)33(19-27(36)32-24(20-35)17-22-11-5-3-6-12-22)26(23-13-7-4-8-14-23)18-34(28)29(37)25-15-9-10-16-31-25/h3-16,18,21,24,28,35H,17,19-20H2,1-2H3,(H,32,36)/t24-,28?/m0/s1. The van der Waals surface area contributed by atoms with E-state index in [4.69, 9.17) is 0 Å². The third-order valence-electron chi connectivity index (χ3n) is 6.40. The number of aliphatic hydroxyl groups excluding tert-OH is 1. The molecule has 0 saturated carbocycles. The fraction of sp³-hybridized carbons (Fsp3) is 0.267. The molecule has 2 aromatic carbocycles. The molecule has 38 heavy (non-hydrogen) atoms. The third-order valence-corrected chi connectivity index (χ3v) is 6.40. The van der Waals surface area contributed by atoms with Crippen LogP contribution in [0.2, 0.25) is 0 Å². The third kappa shape index (κ3) is 6.15. The van der Waals surface area contributed by atoms with Gasteiger partial charge in [0.2, 0.25) is 5.91 Å². The van der Waals surface area contributed by atoms with Crippen molar-refractivity contribution in [2.24, 2.45) is 5.92 Å². The number of amides is 3. The number of benzene rings is 2. The number of aliphatic hydroxyl groups is 1. The molecule has 0 aliphatic carbocycles. The van der Waals surface area contributed by atoms with Crippen molar-refractivity contribution in [2.75, 3.05) is 13.2 Å². The van der Waals surface area contributed by atoms with Crippen molar-refractivity contribution >= 4 is 23.4 Å². The Morgan fingerprint density at radius 3 is 2.24 bits per heavy atom. The summed E-state index contributed by atoms with van der Waals surface area (Å²) in [5.41, 5.74) is 2.34. The molecule has 1 aliphatic heterocycles. The molecule has 8 nitrogen and oxygen atoms in total. The number of rotatable bonds is 9. The topological polar surface area (TPSA) is 103 Å². The van der Waals surface area contributed by atoms with Crippen molar-refractivity contribution in [1.82, 2.24) is 20.1 Å². The van der Waals surface area contributed by atoms with Crippen LogP contribution in [0.25, 0.3) is 5.70 Å². The molecule has 3 aromatic rings. The molecule has 1 aromatic heterocycles. The van der Waals surface area contributed by atoms with Gasteiger partial charge in [0.15, 0.2) is 0 Å². The number of carbonyl (C=O) groups is 3. The predicted octanol–water partition coefficient (Wildman–Crippen LogP) is 3.11. The quantitative estimate of drug-likeness (QED) is 0.459. The summed E-state index contributed by atoms with van der Waals surface area (Å²) in [6.07, 6.45) is 3.63. The van der Waals surface area contributed by atoms with E-state index >= 15 is 0 Å². The van der Waals surface area contributed by atoms with Crippen LogP contribution in [0.1, 0.15) is 35.5 Å². The van der Waals surface area contributed by atoms with Gasteiger partial charge in [-0.1, -0.05) is 80.6 Å². The summed E-state index contributed by atoms with van der Waals surface area (Å²) in [5, 5.41) is 12.7. The SMILES string of the molecule is CC(C)C1C(=O)N(CC(=O)N[C@H](CO)Cc2ccccc2)C(c2ccccc2)=CN1C(=O)c1ccccn1. The van der Waals surface area contributed by atoms with Crippen LogP contribution in [-0.4, -0.2) is 62.8 Å². The molecule has 2 N–H and O–H groups in total. The smallest absolute Gasteiger partial charge is 0.277 e. The number of nitrogens with one attached hydrogen (secondary N) is 1. The van der Waals surface area contributed by atoms with Crippen molar-refractivity contribution < 1.29 is 19.5 Å². The minimum Gasteiger partial charge on any atom is -0.394 e. The first kappa shape index (κ1) is 26.8. The second-order valence-electron chi connectivity index (χ2n) is 9.56. The average Bonchev–Trinajstić information content (AvgIpc) is 2.94. The highest BCUT2D eigenvalue weighted by Crippen LogP contribution is 2.30. The van der Waals surface area contributed by atoms with Gasteiger partial charge in [-0.3, -0.25) is 29.2 Å². The number of pyridine rings is 1. The van der Waals surface area contributed by atoms with Crippen LogP contribution in [0.15, 0.2) is 91.3 Å². The molecular formula is C30H32N4O4. The summed E-state index contributed by atoms with van der Waals surface area (Å²) in [4.78, 5) is 47.6. The van der Waals surface area contributed by atoms with Gasteiger partial charge in [-0.25, -0.2) is 0 Å². The maximum Gasteiger partial charge on any atom is 0.277 e. The summed E-state index contributed by atoms with van der Waals surface area (Å²) >= 11 is 0. The van der Waals surface area contributed by atoms with Crippen LogP contribution < -0.4 is 5.32 Å². The Balaban J connectivity index is 1.64. The van der Waals surface area contributed by atoms with Gasteiger partial charge in [0, 0.05) is 12.4 Å². The highest BCUT2D eigenvalue weighted by atomic mass is 16.3. The molecule has 0 bridgehead atoms. The van der Waals surface area contributed by atoms with E-state index in [2.05, 4.69) is 10.3 Å². The van der Waals surface area contributed by atoms with Crippen LogP contribution in [0.5, 0.6) is 0 Å². The van der Waals surface area contributed by atoms with Gasteiger partial charge in [0.25, 0.3) is 11.8 Å². The highest BCUT2D eigenvalue weighted by Gasteiger charge is 2.41. The van der Waals surface area contributed by atoms with Gasteiger partial charge < -0.3 is 10.4 Å². The van der Waals surface area contributed by atoms with Crippen LogP contribution in [0.4, 0.5) is 0 Å². The first-order valence-corrected chi connectivity index (χ1v) is 12.7. The molecule has 4 rings (SSSR count). The summed E-state index contributed by atoms with van der Waals surface area (Å²) in [5.74, 6) is -1.37. The molecular weight excluding hydrogens is 480 g/mol. The zero-order valence-electron chi connectivity index (χ0n) is 21.5. The first-order valence-electron chi connectivity index (χ1n) is 12.7. The van der Waals surface area contributed by atoms with E-state index < -0.39 is 23.9 Å². The maximum atomic E-state index is 13.9. The molecule has 1 unspecified atom stereocenters. The summed E-state index contributed by atoms with van der Waals surface area (Å²) in [6.45, 7) is 3.24. The zero-order valence-corrected chi connectivity index (χ0v) is 21.5. The fourth-order valence-corrected chi connectivity index (χ4v) is 4.57. The highest BCUT2D eigenvalue weighted by molar-refractivity contribution is 6.03. The van der Waals surface area contributed by atoms with Crippen molar-refractivity contribution in [2.45, 2.75) is 32.4 Å². The maximum absolute atomic E-state index is 13.9. The molecule has 0 spiro atoms. The zero-order chi connectivity index (χ0) is 27.1. The Morgan fingerprint density at radius 1 is 0.974 bits per heavy atom. The van der Waals surface area contributed by atoms with E-state index in [0.717, 1.165) is 5.56 Å². The summed E-state index contributed by atoms with van der Waals surface area (Å²) in [6, 6.07) is 22.5. The molecule has 0 radical (unpaired) electrons. The Labute approximate surface area is 222 Å². The number of hydrogen-bond donors (Lipinski definition) is 2. The van der Waals surface area contributed by atoms with Gasteiger partial charge in [0.1, 0.15) is 18.3 Å². The molecule has 8 heteroatoms. The fourth-order valence-electron chi connectivity index (χ4n) is 4.57. The Morgan fingerprint density at radius 2 is 1.63 bits per heavy atom. The molecule has 0 saturated heterocycles. The number of carbonyl (C=O) groups excluding carboxylic acids is 3. The predicted molar refractivity (Wildman–Crippen MR) is 144 cm³/mol. The monoisotopic (exact) mass is 512 g/mol. The number of aromatic nitrogens is 1. The van der Waals surface area contributed by atoms with Crippen LogP contribution >= 0.6 is 0 Å². The van der Waals surface area contributed by atoms with Crippen LogP contribution in [0, 0.1) is 5.92 Å². The Bertz CT molecular complexity index is 1280.